The van der Waals surface area contributed by atoms with Gasteiger partial charge < -0.3 is 10.4 Å². The van der Waals surface area contributed by atoms with Crippen molar-refractivity contribution < 1.29 is 9.90 Å². The highest BCUT2D eigenvalue weighted by Gasteiger charge is 2.12. The van der Waals surface area contributed by atoms with Gasteiger partial charge in [-0.1, -0.05) is 13.8 Å². The molecule has 0 radical (unpaired) electrons. The summed E-state index contributed by atoms with van der Waals surface area (Å²) in [5.74, 6) is -0.236. The van der Waals surface area contributed by atoms with Crippen molar-refractivity contribution in [1.82, 2.24) is 20.5 Å². The summed E-state index contributed by atoms with van der Waals surface area (Å²) in [6.45, 7) is 4.11. The topological polar surface area (TPSA) is 111 Å². The van der Waals surface area contributed by atoms with E-state index in [2.05, 4.69) is 20.5 Å². The minimum Gasteiger partial charge on any atom is -0.391 e. The van der Waals surface area contributed by atoms with Crippen LogP contribution in [0.4, 0.5) is 0 Å². The lowest BCUT2D eigenvalue weighted by Crippen LogP contribution is -2.33. The van der Waals surface area contributed by atoms with E-state index in [4.69, 9.17) is 0 Å². The third kappa shape index (κ3) is 3.85. The molecule has 90 valence electrons. The molecule has 1 rings (SSSR count). The smallest absolute Gasteiger partial charge is 0.341 e. The number of aliphatic hydroxyl groups is 1. The molecule has 0 bridgehead atoms. The fourth-order valence-electron chi connectivity index (χ4n) is 1.30. The van der Waals surface area contributed by atoms with Crippen LogP contribution >= 0.6 is 0 Å². The Hall–Kier alpha value is -1.63. The van der Waals surface area contributed by atoms with Gasteiger partial charge in [-0.05, 0) is 12.3 Å². The number of rotatable bonds is 5. The number of nitrogens with zero attached hydrogens (tertiary/aromatic N) is 1. The molecule has 0 saturated carbocycles. The van der Waals surface area contributed by atoms with Crippen molar-refractivity contribution in [2.75, 3.05) is 6.54 Å². The van der Waals surface area contributed by atoms with Crippen molar-refractivity contribution in [1.29, 1.82) is 0 Å². The Morgan fingerprint density at radius 2 is 2.25 bits per heavy atom. The van der Waals surface area contributed by atoms with Crippen molar-refractivity contribution in [2.45, 2.75) is 26.4 Å². The first-order valence-corrected chi connectivity index (χ1v) is 5.10. The van der Waals surface area contributed by atoms with E-state index >= 15 is 0 Å². The standard InChI is InChI=1S/C9H16N4O3/c1-5(2)3-6(14)4-10-8(15)7-11-9(16)13-12-7/h5-6,14H,3-4H2,1-2H3,(H,10,15)(H2,11,12,13,16). The third-order valence-corrected chi connectivity index (χ3v) is 1.96. The van der Waals surface area contributed by atoms with Crippen LogP contribution in [0, 0.1) is 5.92 Å². The second-order valence-electron chi connectivity index (χ2n) is 4.02. The molecule has 1 aromatic rings. The number of H-pyrrole nitrogens is 2. The maximum absolute atomic E-state index is 11.4. The Morgan fingerprint density at radius 3 is 2.75 bits per heavy atom. The average molecular weight is 228 g/mol. The van der Waals surface area contributed by atoms with Gasteiger partial charge in [-0.2, -0.15) is 0 Å². The minimum atomic E-state index is -0.588. The molecule has 7 nitrogen and oxygen atoms in total. The summed E-state index contributed by atoms with van der Waals surface area (Å²) in [5.41, 5.74) is -0.534. The van der Waals surface area contributed by atoms with Gasteiger partial charge in [0.1, 0.15) is 0 Å². The number of hydrogen-bond acceptors (Lipinski definition) is 4. The van der Waals surface area contributed by atoms with Gasteiger partial charge in [0.25, 0.3) is 5.91 Å². The van der Waals surface area contributed by atoms with Crippen LogP contribution in [0.15, 0.2) is 4.79 Å². The van der Waals surface area contributed by atoms with Gasteiger partial charge in [-0.25, -0.2) is 9.89 Å². The summed E-state index contributed by atoms with van der Waals surface area (Å²) in [4.78, 5) is 24.3. The molecule has 0 fully saturated rings. The molecular formula is C9H16N4O3. The van der Waals surface area contributed by atoms with Crippen molar-refractivity contribution in [3.05, 3.63) is 16.3 Å². The Labute approximate surface area is 92.3 Å². The molecule has 16 heavy (non-hydrogen) atoms. The van der Waals surface area contributed by atoms with Crippen LogP contribution in [0.1, 0.15) is 30.9 Å². The Kier molecular flexibility index (Phi) is 4.24. The van der Waals surface area contributed by atoms with Crippen LogP contribution in [0.3, 0.4) is 0 Å². The van der Waals surface area contributed by atoms with E-state index in [0.717, 1.165) is 0 Å². The third-order valence-electron chi connectivity index (χ3n) is 1.96. The predicted molar refractivity (Wildman–Crippen MR) is 57.0 cm³/mol. The first kappa shape index (κ1) is 12.4. The van der Waals surface area contributed by atoms with Crippen LogP contribution in [0.25, 0.3) is 0 Å². The van der Waals surface area contributed by atoms with E-state index in [0.29, 0.717) is 12.3 Å². The van der Waals surface area contributed by atoms with Gasteiger partial charge in [0.2, 0.25) is 5.82 Å². The fourth-order valence-corrected chi connectivity index (χ4v) is 1.30. The molecule has 4 N–H and O–H groups in total. The Morgan fingerprint density at radius 1 is 1.56 bits per heavy atom. The van der Waals surface area contributed by atoms with Gasteiger partial charge in [0, 0.05) is 6.54 Å². The normalized spacial score (nSPS) is 12.8. The molecule has 0 aromatic carbocycles. The SMILES string of the molecule is CC(C)CC(O)CNC(=O)c1n[nH]c(=O)[nH]1. The zero-order valence-electron chi connectivity index (χ0n) is 9.28. The fraction of sp³-hybridized carbons (Fsp3) is 0.667. The second kappa shape index (κ2) is 5.45. The Balaban J connectivity index is 2.38. The maximum atomic E-state index is 11.4. The van der Waals surface area contributed by atoms with E-state index in [9.17, 15) is 14.7 Å². The highest BCUT2D eigenvalue weighted by molar-refractivity contribution is 5.90. The molecule has 1 aromatic heterocycles. The second-order valence-corrected chi connectivity index (χ2v) is 4.02. The lowest BCUT2D eigenvalue weighted by molar-refractivity contribution is 0.0890. The first-order valence-electron chi connectivity index (χ1n) is 5.10. The van der Waals surface area contributed by atoms with Gasteiger partial charge in [0.15, 0.2) is 0 Å². The molecule has 1 amide bonds. The number of hydrogen-bond donors (Lipinski definition) is 4. The minimum absolute atomic E-state index is 0.0817. The number of carbonyl (C=O) groups is 1. The molecule has 1 unspecified atom stereocenters. The molecular weight excluding hydrogens is 212 g/mol. The summed E-state index contributed by atoms with van der Waals surface area (Å²) >= 11 is 0. The van der Waals surface area contributed by atoms with Crippen molar-refractivity contribution >= 4 is 5.91 Å². The Bertz CT molecular complexity index is 395. The number of aromatic amines is 2. The number of aliphatic hydroxyl groups excluding tert-OH is 1. The molecule has 0 aliphatic rings. The van der Waals surface area contributed by atoms with Crippen LogP contribution in [-0.2, 0) is 0 Å². The van der Waals surface area contributed by atoms with Gasteiger partial charge >= 0.3 is 5.69 Å². The number of aromatic nitrogens is 3. The molecule has 1 heterocycles. The molecule has 0 saturated heterocycles. The number of carbonyl (C=O) groups excluding carboxylic acids is 1. The molecule has 0 aliphatic carbocycles. The van der Waals surface area contributed by atoms with Gasteiger partial charge in [0.05, 0.1) is 6.10 Å². The van der Waals surface area contributed by atoms with Gasteiger partial charge in [-0.15, -0.1) is 5.10 Å². The quantitative estimate of drug-likeness (QED) is 0.530. The highest BCUT2D eigenvalue weighted by Crippen LogP contribution is 2.03. The monoisotopic (exact) mass is 228 g/mol. The van der Waals surface area contributed by atoms with Crippen molar-refractivity contribution in [3.63, 3.8) is 0 Å². The molecule has 0 aliphatic heterocycles. The largest absolute Gasteiger partial charge is 0.391 e. The number of nitrogens with one attached hydrogen (secondary N) is 3. The number of amides is 1. The summed E-state index contributed by atoms with van der Waals surface area (Å²) in [6, 6.07) is 0. The van der Waals surface area contributed by atoms with E-state index < -0.39 is 17.7 Å². The zero-order chi connectivity index (χ0) is 12.1. The lowest BCUT2D eigenvalue weighted by Gasteiger charge is -2.12. The molecule has 1 atom stereocenters. The highest BCUT2D eigenvalue weighted by atomic mass is 16.3. The van der Waals surface area contributed by atoms with Gasteiger partial charge in [-0.3, -0.25) is 9.78 Å². The van der Waals surface area contributed by atoms with Crippen LogP contribution in [0.5, 0.6) is 0 Å². The average Bonchev–Trinajstić information content (AvgIpc) is 2.60. The summed E-state index contributed by atoms with van der Waals surface area (Å²) in [7, 11) is 0. The lowest BCUT2D eigenvalue weighted by atomic mass is 10.1. The van der Waals surface area contributed by atoms with Crippen molar-refractivity contribution in [3.8, 4) is 0 Å². The van der Waals surface area contributed by atoms with Crippen LogP contribution < -0.4 is 11.0 Å². The van der Waals surface area contributed by atoms with E-state index in [1.165, 1.54) is 0 Å². The van der Waals surface area contributed by atoms with E-state index in [1.54, 1.807) is 0 Å². The molecule has 0 spiro atoms. The molecule has 7 heteroatoms. The van der Waals surface area contributed by atoms with Crippen LogP contribution in [0.2, 0.25) is 0 Å². The van der Waals surface area contributed by atoms with Crippen molar-refractivity contribution in [2.24, 2.45) is 5.92 Å². The summed E-state index contributed by atoms with van der Waals surface area (Å²) in [6.07, 6.45) is 0.0202. The maximum Gasteiger partial charge on any atom is 0.341 e. The summed E-state index contributed by atoms with van der Waals surface area (Å²) < 4.78 is 0. The van der Waals surface area contributed by atoms with E-state index in [1.807, 2.05) is 13.8 Å². The zero-order valence-corrected chi connectivity index (χ0v) is 9.28. The first-order chi connectivity index (χ1) is 7.49. The summed E-state index contributed by atoms with van der Waals surface area (Å²) in [5, 5.41) is 17.5. The predicted octanol–water partition coefficient (Wildman–Crippen LogP) is -0.765. The van der Waals surface area contributed by atoms with E-state index in [-0.39, 0.29) is 12.4 Å². The van der Waals surface area contributed by atoms with Crippen LogP contribution in [-0.4, -0.2) is 38.8 Å².